The van der Waals surface area contributed by atoms with E-state index in [0.29, 0.717) is 33.0 Å². The average Bonchev–Trinajstić information content (AvgIpc) is 2.87. The number of aliphatic hydroxyl groups is 1. The molecule has 0 amide bonds. The summed E-state index contributed by atoms with van der Waals surface area (Å²) < 4.78 is 12.1. The van der Waals surface area contributed by atoms with Gasteiger partial charge in [-0.15, -0.1) is 5.10 Å². The highest BCUT2D eigenvalue weighted by molar-refractivity contribution is 4.65. The quantitative estimate of drug-likeness (QED) is 0.510. The highest BCUT2D eigenvalue weighted by Gasteiger charge is 2.03. The minimum atomic E-state index is -0.498. The number of ether oxygens (including phenoxy) is 2. The lowest BCUT2D eigenvalue weighted by Gasteiger charge is -2.12. The number of rotatable bonds is 11. The van der Waals surface area contributed by atoms with E-state index >= 15 is 0 Å². The molecule has 0 saturated carbocycles. The van der Waals surface area contributed by atoms with Gasteiger partial charge in [-0.05, 0) is 6.92 Å². The topological polar surface area (TPSA) is 81.4 Å². The molecule has 0 aliphatic heterocycles. The van der Waals surface area contributed by atoms with E-state index in [-0.39, 0.29) is 0 Å². The van der Waals surface area contributed by atoms with Crippen LogP contribution in [0.4, 0.5) is 0 Å². The zero-order chi connectivity index (χ0) is 13.1. The van der Waals surface area contributed by atoms with Gasteiger partial charge in [-0.3, -0.25) is 4.68 Å². The number of hydrogen-bond donors (Lipinski definition) is 2. The van der Waals surface area contributed by atoms with Crippen LogP contribution in [0.5, 0.6) is 0 Å². The summed E-state index contributed by atoms with van der Waals surface area (Å²) in [4.78, 5) is 0. The predicted molar refractivity (Wildman–Crippen MR) is 66.2 cm³/mol. The molecule has 0 bridgehead atoms. The molecule has 0 spiro atoms. The molecule has 0 fully saturated rings. The van der Waals surface area contributed by atoms with E-state index in [1.54, 1.807) is 17.1 Å². The molecule has 104 valence electrons. The lowest BCUT2D eigenvalue weighted by molar-refractivity contribution is 0.00650. The van der Waals surface area contributed by atoms with E-state index in [9.17, 15) is 5.11 Å². The molecule has 2 N–H and O–H groups in total. The normalized spacial score (nSPS) is 12.8. The zero-order valence-electron chi connectivity index (χ0n) is 10.8. The SMILES string of the molecule is CCOCCOCC(O)CNCCn1ccnn1. The molecular formula is C11H22N4O3. The second-order valence-electron chi connectivity index (χ2n) is 3.80. The van der Waals surface area contributed by atoms with Gasteiger partial charge >= 0.3 is 0 Å². The first-order valence-electron chi connectivity index (χ1n) is 6.21. The molecule has 18 heavy (non-hydrogen) atoms. The average molecular weight is 258 g/mol. The van der Waals surface area contributed by atoms with Gasteiger partial charge in [-0.2, -0.15) is 0 Å². The van der Waals surface area contributed by atoms with E-state index in [1.807, 2.05) is 6.92 Å². The molecule has 7 heteroatoms. The van der Waals surface area contributed by atoms with E-state index in [4.69, 9.17) is 9.47 Å². The van der Waals surface area contributed by atoms with Gasteiger partial charge in [0.25, 0.3) is 0 Å². The van der Waals surface area contributed by atoms with Crippen LogP contribution in [0.15, 0.2) is 12.4 Å². The van der Waals surface area contributed by atoms with Crippen molar-refractivity contribution in [3.63, 3.8) is 0 Å². The summed E-state index contributed by atoms with van der Waals surface area (Å²) in [6.45, 7) is 6.01. The Hall–Kier alpha value is -1.02. The van der Waals surface area contributed by atoms with Crippen LogP contribution in [0.1, 0.15) is 6.92 Å². The van der Waals surface area contributed by atoms with Crippen LogP contribution in [-0.4, -0.2) is 65.7 Å². The fourth-order valence-electron chi connectivity index (χ4n) is 1.35. The predicted octanol–water partition coefficient (Wildman–Crippen LogP) is -0.718. The van der Waals surface area contributed by atoms with Crippen molar-refractivity contribution in [2.45, 2.75) is 19.6 Å². The first-order valence-corrected chi connectivity index (χ1v) is 6.21. The number of aliphatic hydroxyl groups excluding tert-OH is 1. The molecular weight excluding hydrogens is 236 g/mol. The smallest absolute Gasteiger partial charge is 0.0897 e. The van der Waals surface area contributed by atoms with Gasteiger partial charge in [0, 0.05) is 25.9 Å². The summed E-state index contributed by atoms with van der Waals surface area (Å²) in [6.07, 6.45) is 2.94. The maximum absolute atomic E-state index is 9.60. The molecule has 0 aliphatic rings. The van der Waals surface area contributed by atoms with E-state index in [2.05, 4.69) is 15.6 Å². The Balaban J connectivity index is 1.88. The van der Waals surface area contributed by atoms with E-state index in [1.165, 1.54) is 0 Å². The lowest BCUT2D eigenvalue weighted by atomic mass is 10.4. The van der Waals surface area contributed by atoms with Crippen LogP contribution in [0, 0.1) is 0 Å². The van der Waals surface area contributed by atoms with Crippen LogP contribution in [0.2, 0.25) is 0 Å². The summed E-state index contributed by atoms with van der Waals surface area (Å²) >= 11 is 0. The summed E-state index contributed by atoms with van der Waals surface area (Å²) in [7, 11) is 0. The monoisotopic (exact) mass is 258 g/mol. The van der Waals surface area contributed by atoms with Gasteiger partial charge in [0.05, 0.1) is 38.7 Å². The first kappa shape index (κ1) is 15.0. The third kappa shape index (κ3) is 7.33. The first-order chi connectivity index (χ1) is 8.83. The summed E-state index contributed by atoms with van der Waals surface area (Å²) in [5.41, 5.74) is 0. The highest BCUT2D eigenvalue weighted by atomic mass is 16.5. The molecule has 1 heterocycles. The lowest BCUT2D eigenvalue weighted by Crippen LogP contribution is -2.32. The molecule has 1 unspecified atom stereocenters. The largest absolute Gasteiger partial charge is 0.389 e. The van der Waals surface area contributed by atoms with Crippen molar-refractivity contribution in [2.75, 3.05) is 39.5 Å². The second kappa shape index (κ2) is 9.95. The van der Waals surface area contributed by atoms with Gasteiger partial charge in [-0.25, -0.2) is 0 Å². The van der Waals surface area contributed by atoms with Crippen molar-refractivity contribution in [3.8, 4) is 0 Å². The third-order valence-corrected chi connectivity index (χ3v) is 2.26. The molecule has 1 aromatic heterocycles. The highest BCUT2D eigenvalue weighted by Crippen LogP contribution is 1.86. The minimum Gasteiger partial charge on any atom is -0.389 e. The van der Waals surface area contributed by atoms with Crippen LogP contribution in [-0.2, 0) is 16.0 Å². The van der Waals surface area contributed by atoms with Crippen molar-refractivity contribution >= 4 is 0 Å². The molecule has 0 aromatic carbocycles. The fraction of sp³-hybridized carbons (Fsp3) is 0.818. The molecule has 1 rings (SSSR count). The van der Waals surface area contributed by atoms with Gasteiger partial charge in [0.15, 0.2) is 0 Å². The number of nitrogens with one attached hydrogen (secondary N) is 1. The van der Waals surface area contributed by atoms with Crippen LogP contribution in [0.25, 0.3) is 0 Å². The maximum atomic E-state index is 9.60. The van der Waals surface area contributed by atoms with Gasteiger partial charge in [-0.1, -0.05) is 5.21 Å². The minimum absolute atomic E-state index is 0.323. The zero-order valence-corrected chi connectivity index (χ0v) is 10.8. The molecule has 1 aromatic rings. The fourth-order valence-corrected chi connectivity index (χ4v) is 1.35. The van der Waals surface area contributed by atoms with Gasteiger partial charge in [0.2, 0.25) is 0 Å². The summed E-state index contributed by atoms with van der Waals surface area (Å²) in [5, 5.41) is 20.3. The van der Waals surface area contributed by atoms with Crippen molar-refractivity contribution in [2.24, 2.45) is 0 Å². The molecule has 1 atom stereocenters. The molecule has 0 saturated heterocycles. The Morgan fingerprint density at radius 3 is 2.94 bits per heavy atom. The van der Waals surface area contributed by atoms with Crippen molar-refractivity contribution in [1.82, 2.24) is 20.3 Å². The maximum Gasteiger partial charge on any atom is 0.0897 e. The van der Waals surface area contributed by atoms with Gasteiger partial charge < -0.3 is 19.9 Å². The Labute approximate surface area is 107 Å². The molecule has 0 aliphatic carbocycles. The number of aromatic nitrogens is 3. The second-order valence-corrected chi connectivity index (χ2v) is 3.80. The standard InChI is InChI=1S/C11H22N4O3/c1-2-17-7-8-18-10-11(16)9-12-3-5-15-6-4-13-14-15/h4,6,11-12,16H,2-3,5,7-10H2,1H3. The van der Waals surface area contributed by atoms with E-state index < -0.39 is 6.10 Å². The number of hydrogen-bond acceptors (Lipinski definition) is 6. The van der Waals surface area contributed by atoms with E-state index in [0.717, 1.165) is 13.1 Å². The Bertz CT molecular complexity index is 282. The van der Waals surface area contributed by atoms with Crippen molar-refractivity contribution in [1.29, 1.82) is 0 Å². The van der Waals surface area contributed by atoms with Crippen molar-refractivity contribution in [3.05, 3.63) is 12.4 Å². The Kier molecular flexibility index (Phi) is 8.32. The van der Waals surface area contributed by atoms with Crippen molar-refractivity contribution < 1.29 is 14.6 Å². The Morgan fingerprint density at radius 2 is 2.22 bits per heavy atom. The van der Waals surface area contributed by atoms with Gasteiger partial charge in [0.1, 0.15) is 0 Å². The van der Waals surface area contributed by atoms with Crippen LogP contribution in [0.3, 0.4) is 0 Å². The molecule has 7 nitrogen and oxygen atoms in total. The summed E-state index contributed by atoms with van der Waals surface area (Å²) in [6, 6.07) is 0. The Morgan fingerprint density at radius 1 is 1.39 bits per heavy atom. The summed E-state index contributed by atoms with van der Waals surface area (Å²) in [5.74, 6) is 0. The third-order valence-electron chi connectivity index (χ3n) is 2.26. The van der Waals surface area contributed by atoms with Crippen LogP contribution >= 0.6 is 0 Å². The van der Waals surface area contributed by atoms with Crippen LogP contribution < -0.4 is 5.32 Å². The molecule has 0 radical (unpaired) electrons. The number of nitrogens with zero attached hydrogens (tertiary/aromatic N) is 3.